The Kier molecular flexibility index (Phi) is 3.61. The van der Waals surface area contributed by atoms with E-state index in [0.29, 0.717) is 11.3 Å². The summed E-state index contributed by atoms with van der Waals surface area (Å²) in [6.07, 6.45) is 0. The third-order valence-corrected chi connectivity index (χ3v) is 4.30. The number of nitrogens with one attached hydrogen (secondary N) is 1. The Hall–Kier alpha value is -1.80. The van der Waals surface area contributed by atoms with Crippen LogP contribution in [0.15, 0.2) is 21.6 Å². The standard InChI is InChI=1S/C11H11ClFN3O3S/c1-5-6(2)15-19-11(5)16-20(17,18)9-4-7(14)3-8(12)10(9)13/h3-4,16H,14H2,1-2H3. The van der Waals surface area contributed by atoms with Gasteiger partial charge in [0.15, 0.2) is 5.82 Å². The monoisotopic (exact) mass is 319 g/mol. The smallest absolute Gasteiger partial charge is 0.267 e. The van der Waals surface area contributed by atoms with Crippen LogP contribution in [0.2, 0.25) is 5.02 Å². The third kappa shape index (κ3) is 2.56. The number of aryl methyl sites for hydroxylation is 1. The number of aromatic nitrogens is 1. The van der Waals surface area contributed by atoms with Gasteiger partial charge in [-0.2, -0.15) is 0 Å². The van der Waals surface area contributed by atoms with E-state index in [1.54, 1.807) is 13.8 Å². The second-order valence-electron chi connectivity index (χ2n) is 4.14. The Morgan fingerprint density at radius 2 is 2.05 bits per heavy atom. The Morgan fingerprint density at radius 1 is 1.40 bits per heavy atom. The first-order valence-electron chi connectivity index (χ1n) is 5.42. The maximum atomic E-state index is 13.8. The minimum atomic E-state index is -4.22. The molecule has 6 nitrogen and oxygen atoms in total. The molecule has 0 unspecified atom stereocenters. The second-order valence-corrected chi connectivity index (χ2v) is 6.20. The highest BCUT2D eigenvalue weighted by Gasteiger charge is 2.24. The number of rotatable bonds is 3. The van der Waals surface area contributed by atoms with Crippen LogP contribution < -0.4 is 10.5 Å². The summed E-state index contributed by atoms with van der Waals surface area (Å²) in [5.41, 5.74) is 6.53. The Balaban J connectivity index is 2.49. The van der Waals surface area contributed by atoms with Gasteiger partial charge in [0.05, 0.1) is 10.7 Å². The number of anilines is 2. The van der Waals surface area contributed by atoms with Crippen LogP contribution in [0.25, 0.3) is 0 Å². The fourth-order valence-electron chi connectivity index (χ4n) is 1.47. The summed E-state index contributed by atoms with van der Waals surface area (Å²) >= 11 is 5.58. The van der Waals surface area contributed by atoms with Gasteiger partial charge in [0.2, 0.25) is 5.88 Å². The van der Waals surface area contributed by atoms with E-state index in [1.807, 2.05) is 0 Å². The van der Waals surface area contributed by atoms with Gasteiger partial charge in [0.1, 0.15) is 4.90 Å². The van der Waals surface area contributed by atoms with Crippen molar-refractivity contribution < 1.29 is 17.3 Å². The van der Waals surface area contributed by atoms with Crippen molar-refractivity contribution in [3.63, 3.8) is 0 Å². The van der Waals surface area contributed by atoms with Crippen molar-refractivity contribution in [3.8, 4) is 0 Å². The molecule has 0 spiro atoms. The lowest BCUT2D eigenvalue weighted by atomic mass is 10.3. The average Bonchev–Trinajstić information content (AvgIpc) is 2.65. The van der Waals surface area contributed by atoms with E-state index in [9.17, 15) is 12.8 Å². The van der Waals surface area contributed by atoms with Gasteiger partial charge in [-0.15, -0.1) is 0 Å². The van der Waals surface area contributed by atoms with Crippen LogP contribution in [0, 0.1) is 19.7 Å². The SMILES string of the molecule is Cc1noc(NS(=O)(=O)c2cc(N)cc(Cl)c2F)c1C. The molecule has 0 atom stereocenters. The molecule has 0 fully saturated rings. The van der Waals surface area contributed by atoms with E-state index in [2.05, 4.69) is 9.88 Å². The maximum Gasteiger partial charge on any atom is 0.267 e. The molecule has 1 aromatic heterocycles. The van der Waals surface area contributed by atoms with Crippen LogP contribution in [-0.2, 0) is 10.0 Å². The van der Waals surface area contributed by atoms with Crippen LogP contribution >= 0.6 is 11.6 Å². The van der Waals surface area contributed by atoms with Gasteiger partial charge in [0.25, 0.3) is 10.0 Å². The largest absolute Gasteiger partial charge is 0.399 e. The average molecular weight is 320 g/mol. The normalized spacial score (nSPS) is 11.6. The van der Waals surface area contributed by atoms with Crippen molar-refractivity contribution in [1.29, 1.82) is 0 Å². The molecule has 108 valence electrons. The van der Waals surface area contributed by atoms with Gasteiger partial charge in [0, 0.05) is 11.3 Å². The van der Waals surface area contributed by atoms with Crippen molar-refractivity contribution in [2.45, 2.75) is 18.7 Å². The summed E-state index contributed by atoms with van der Waals surface area (Å²) in [6, 6.07) is 2.10. The lowest BCUT2D eigenvalue weighted by Gasteiger charge is -2.08. The van der Waals surface area contributed by atoms with Crippen molar-refractivity contribution in [2.75, 3.05) is 10.5 Å². The maximum absolute atomic E-state index is 13.8. The zero-order chi connectivity index (χ0) is 15.1. The molecule has 0 aliphatic heterocycles. The van der Waals surface area contributed by atoms with Crippen molar-refractivity contribution in [3.05, 3.63) is 34.2 Å². The molecule has 9 heteroatoms. The summed E-state index contributed by atoms with van der Waals surface area (Å²) in [6.45, 7) is 3.26. The molecule has 2 rings (SSSR count). The number of halogens is 2. The quantitative estimate of drug-likeness (QED) is 0.847. The fraction of sp³-hybridized carbons (Fsp3) is 0.182. The first-order valence-corrected chi connectivity index (χ1v) is 7.28. The molecule has 1 aromatic carbocycles. The van der Waals surface area contributed by atoms with Crippen molar-refractivity contribution in [1.82, 2.24) is 5.16 Å². The summed E-state index contributed by atoms with van der Waals surface area (Å²) in [7, 11) is -4.22. The highest BCUT2D eigenvalue weighted by atomic mass is 35.5. The molecule has 1 heterocycles. The minimum Gasteiger partial charge on any atom is -0.399 e. The van der Waals surface area contributed by atoms with E-state index in [1.165, 1.54) is 0 Å². The van der Waals surface area contributed by atoms with E-state index in [-0.39, 0.29) is 16.6 Å². The number of hydrogen-bond acceptors (Lipinski definition) is 5. The van der Waals surface area contributed by atoms with E-state index in [4.69, 9.17) is 21.9 Å². The van der Waals surface area contributed by atoms with Crippen LogP contribution in [0.1, 0.15) is 11.3 Å². The van der Waals surface area contributed by atoms with E-state index >= 15 is 0 Å². The molecule has 0 saturated carbocycles. The van der Waals surface area contributed by atoms with Crippen LogP contribution in [-0.4, -0.2) is 13.6 Å². The molecule has 0 saturated heterocycles. The first kappa shape index (κ1) is 14.6. The van der Waals surface area contributed by atoms with Crippen LogP contribution in [0.5, 0.6) is 0 Å². The second kappa shape index (κ2) is 4.95. The molecular weight excluding hydrogens is 309 g/mol. The Morgan fingerprint density at radius 3 is 2.60 bits per heavy atom. The van der Waals surface area contributed by atoms with Crippen molar-refractivity contribution >= 4 is 33.2 Å². The molecule has 0 bridgehead atoms. The molecule has 2 aromatic rings. The summed E-state index contributed by atoms with van der Waals surface area (Å²) in [4.78, 5) is -0.657. The van der Waals surface area contributed by atoms with Gasteiger partial charge in [-0.1, -0.05) is 16.8 Å². The molecule has 20 heavy (non-hydrogen) atoms. The molecule has 0 radical (unpaired) electrons. The van der Waals surface area contributed by atoms with Crippen LogP contribution in [0.4, 0.5) is 16.0 Å². The minimum absolute atomic E-state index is 0.0299. The summed E-state index contributed by atoms with van der Waals surface area (Å²) < 4.78 is 45.0. The molecule has 0 aliphatic rings. The van der Waals surface area contributed by atoms with Gasteiger partial charge in [-0.05, 0) is 26.0 Å². The molecular formula is C11H11ClFN3O3S. The summed E-state index contributed by atoms with van der Waals surface area (Å²) in [5, 5.41) is 3.23. The highest BCUT2D eigenvalue weighted by molar-refractivity contribution is 7.92. The predicted molar refractivity (Wildman–Crippen MR) is 72.6 cm³/mol. The van der Waals surface area contributed by atoms with Gasteiger partial charge in [-0.25, -0.2) is 17.5 Å². The Bertz CT molecular complexity index is 773. The number of nitrogen functional groups attached to an aromatic ring is 1. The fourth-order valence-corrected chi connectivity index (χ4v) is 2.93. The lowest BCUT2D eigenvalue weighted by molar-refractivity contribution is 0.430. The topological polar surface area (TPSA) is 98.2 Å². The lowest BCUT2D eigenvalue weighted by Crippen LogP contribution is -2.15. The number of sulfonamides is 1. The van der Waals surface area contributed by atoms with Gasteiger partial charge in [-0.3, -0.25) is 0 Å². The number of nitrogens with zero attached hydrogens (tertiary/aromatic N) is 1. The molecule has 3 N–H and O–H groups in total. The highest BCUT2D eigenvalue weighted by Crippen LogP contribution is 2.28. The number of hydrogen-bond donors (Lipinski definition) is 2. The molecule has 0 aliphatic carbocycles. The first-order chi connectivity index (χ1) is 9.22. The third-order valence-electron chi connectivity index (χ3n) is 2.69. The van der Waals surface area contributed by atoms with Gasteiger partial charge < -0.3 is 10.3 Å². The Labute approximate surface area is 119 Å². The molecule has 0 amide bonds. The predicted octanol–water partition coefficient (Wildman–Crippen LogP) is 2.47. The summed E-state index contributed by atoms with van der Waals surface area (Å²) in [5.74, 6) is -1.16. The zero-order valence-corrected chi connectivity index (χ0v) is 12.1. The zero-order valence-electron chi connectivity index (χ0n) is 10.6. The van der Waals surface area contributed by atoms with E-state index < -0.39 is 20.7 Å². The van der Waals surface area contributed by atoms with E-state index in [0.717, 1.165) is 12.1 Å². The van der Waals surface area contributed by atoms with Crippen molar-refractivity contribution in [2.24, 2.45) is 0 Å². The van der Waals surface area contributed by atoms with Gasteiger partial charge >= 0.3 is 0 Å². The number of nitrogens with two attached hydrogens (primary N) is 1. The van der Waals surface area contributed by atoms with Crippen LogP contribution in [0.3, 0.4) is 0 Å². The number of benzene rings is 1.